The second kappa shape index (κ2) is 12.9. The van der Waals surface area contributed by atoms with Crippen LogP contribution in [0.4, 0.5) is 11.6 Å². The maximum Gasteiger partial charge on any atom is 0.242 e. The molecule has 0 bridgehead atoms. The van der Waals surface area contributed by atoms with Crippen LogP contribution in [0.5, 0.6) is 0 Å². The number of nitrogens with one attached hydrogen (secondary N) is 1. The number of rotatable bonds is 5. The molecule has 9 nitrogen and oxygen atoms in total. The number of aryl methyl sites for hydroxylation is 1. The lowest BCUT2D eigenvalue weighted by Gasteiger charge is -2.13. The lowest BCUT2D eigenvalue weighted by atomic mass is 10.1. The maximum absolute atomic E-state index is 12.5. The molecule has 3 aromatic heterocycles. The summed E-state index contributed by atoms with van der Waals surface area (Å²) >= 11 is 1.75. The molecule has 0 fully saturated rings. The first-order chi connectivity index (χ1) is 16.8. The maximum atomic E-state index is 12.5. The number of hydrogen-bond acceptors (Lipinski definition) is 7. The second-order valence-corrected chi connectivity index (χ2v) is 8.40. The largest absolute Gasteiger partial charge is 0.382 e. The fourth-order valence-electron chi connectivity index (χ4n) is 3.36. The van der Waals surface area contributed by atoms with Gasteiger partial charge < -0.3 is 16.8 Å². The Labute approximate surface area is 211 Å². The van der Waals surface area contributed by atoms with E-state index in [0.29, 0.717) is 29.4 Å². The molecule has 1 aromatic carbocycles. The van der Waals surface area contributed by atoms with Crippen molar-refractivity contribution >= 4 is 40.3 Å². The highest BCUT2D eigenvalue weighted by Crippen LogP contribution is 2.32. The predicted octanol–water partition coefficient (Wildman–Crippen LogP) is 4.39. The number of amides is 1. The molecule has 4 rings (SSSR count). The van der Waals surface area contributed by atoms with E-state index in [2.05, 4.69) is 15.4 Å². The monoisotopic (exact) mass is 496 g/mol. The van der Waals surface area contributed by atoms with Crippen LogP contribution in [0.25, 0.3) is 28.0 Å². The molecule has 0 aliphatic carbocycles. The number of nitrogens with zero attached hydrogens (tertiary/aromatic N) is 5. The van der Waals surface area contributed by atoms with Gasteiger partial charge in [0.05, 0.1) is 22.8 Å². The number of hydrogen-bond donors (Lipinski definition) is 3. The van der Waals surface area contributed by atoms with Gasteiger partial charge in [-0.2, -0.15) is 22.0 Å². The molecular weight excluding hydrogens is 460 g/mol. The summed E-state index contributed by atoms with van der Waals surface area (Å²) in [6, 6.07) is 10.9. The molecule has 0 aliphatic rings. The van der Waals surface area contributed by atoms with Crippen molar-refractivity contribution in [3.8, 4) is 16.9 Å². The Morgan fingerprint density at radius 2 is 1.80 bits per heavy atom. The summed E-state index contributed by atoms with van der Waals surface area (Å²) in [5.41, 5.74) is 15.8. The van der Waals surface area contributed by atoms with E-state index in [-0.39, 0.29) is 5.91 Å². The van der Waals surface area contributed by atoms with Gasteiger partial charge in [-0.25, -0.2) is 14.3 Å². The molecule has 0 spiro atoms. The van der Waals surface area contributed by atoms with Gasteiger partial charge in [-0.05, 0) is 44.1 Å². The van der Waals surface area contributed by atoms with Crippen molar-refractivity contribution in [1.29, 1.82) is 0 Å². The zero-order valence-corrected chi connectivity index (χ0v) is 22.3. The number of pyridine rings is 1. The molecule has 3 heterocycles. The Bertz CT molecular complexity index is 1250. The van der Waals surface area contributed by atoms with E-state index < -0.39 is 6.04 Å². The number of carbonyl (C=O) groups is 1. The number of aromatic nitrogens is 5. The molecule has 5 N–H and O–H groups in total. The van der Waals surface area contributed by atoms with Gasteiger partial charge in [0.25, 0.3) is 0 Å². The van der Waals surface area contributed by atoms with Crippen LogP contribution < -0.4 is 16.8 Å². The Kier molecular flexibility index (Phi) is 10.3. The molecule has 4 aromatic rings. The molecule has 0 saturated carbocycles. The third kappa shape index (κ3) is 6.20. The highest BCUT2D eigenvalue weighted by molar-refractivity contribution is 7.97. The Balaban J connectivity index is 0.000000803. The number of anilines is 2. The number of nitrogen functional groups attached to an aromatic ring is 1. The highest BCUT2D eigenvalue weighted by Gasteiger charge is 2.22. The van der Waals surface area contributed by atoms with Crippen LogP contribution in [-0.4, -0.2) is 49.0 Å². The Morgan fingerprint density at radius 1 is 1.17 bits per heavy atom. The number of carbonyl (C=O) groups excluding carboxylic acids is 1. The molecule has 1 atom stereocenters. The van der Waals surface area contributed by atoms with E-state index in [4.69, 9.17) is 16.6 Å². The Hall–Kier alpha value is -3.37. The SMILES string of the molecule is CC.CCC(N)C(=O)Nc1c(C)c(-c2cnc3c(c2)c(N)nn3C)nn1-c1ccccc1.CSC. The molecule has 35 heavy (non-hydrogen) atoms. The average molecular weight is 497 g/mol. The van der Waals surface area contributed by atoms with Crippen molar-refractivity contribution in [2.24, 2.45) is 12.8 Å². The van der Waals surface area contributed by atoms with Crippen LogP contribution in [0, 0.1) is 6.92 Å². The van der Waals surface area contributed by atoms with Gasteiger partial charge in [0.1, 0.15) is 5.82 Å². The predicted molar refractivity (Wildman–Crippen MR) is 148 cm³/mol. The third-order valence-electron chi connectivity index (χ3n) is 5.12. The summed E-state index contributed by atoms with van der Waals surface area (Å²) in [4.78, 5) is 17.0. The van der Waals surface area contributed by atoms with Gasteiger partial charge >= 0.3 is 0 Å². The van der Waals surface area contributed by atoms with Gasteiger partial charge in [-0.1, -0.05) is 39.0 Å². The number of benzene rings is 1. The summed E-state index contributed by atoms with van der Waals surface area (Å²) in [7, 11) is 1.80. The van der Waals surface area contributed by atoms with Crippen molar-refractivity contribution in [3.63, 3.8) is 0 Å². The fourth-order valence-corrected chi connectivity index (χ4v) is 3.36. The van der Waals surface area contributed by atoms with Crippen molar-refractivity contribution in [3.05, 3.63) is 48.2 Å². The summed E-state index contributed by atoms with van der Waals surface area (Å²) in [5.74, 6) is 0.725. The normalized spacial score (nSPS) is 11.2. The minimum absolute atomic E-state index is 0.255. The number of nitrogens with two attached hydrogens (primary N) is 2. The zero-order valence-electron chi connectivity index (χ0n) is 21.5. The summed E-state index contributed by atoms with van der Waals surface area (Å²) in [6.07, 6.45) is 6.36. The van der Waals surface area contributed by atoms with E-state index in [1.807, 2.05) is 76.6 Å². The second-order valence-electron chi connectivity index (χ2n) is 7.59. The molecule has 10 heteroatoms. The molecule has 188 valence electrons. The fraction of sp³-hybridized carbons (Fsp3) is 0.360. The van der Waals surface area contributed by atoms with Gasteiger partial charge in [0.15, 0.2) is 11.5 Å². The van der Waals surface area contributed by atoms with Gasteiger partial charge in [0.2, 0.25) is 5.91 Å². The highest BCUT2D eigenvalue weighted by atomic mass is 32.2. The van der Waals surface area contributed by atoms with Crippen molar-refractivity contribution in [1.82, 2.24) is 24.5 Å². The van der Waals surface area contributed by atoms with E-state index in [1.54, 1.807) is 34.4 Å². The number of fused-ring (bicyclic) bond motifs is 1. The smallest absolute Gasteiger partial charge is 0.242 e. The first kappa shape index (κ1) is 27.9. The third-order valence-corrected chi connectivity index (χ3v) is 5.12. The molecular formula is C25H36N8OS. The van der Waals surface area contributed by atoms with Gasteiger partial charge in [0, 0.05) is 24.4 Å². The molecule has 1 amide bonds. The van der Waals surface area contributed by atoms with Crippen molar-refractivity contribution in [2.75, 3.05) is 23.6 Å². The average Bonchev–Trinajstić information content (AvgIpc) is 3.35. The summed E-state index contributed by atoms with van der Waals surface area (Å²) in [6.45, 7) is 7.78. The molecule has 0 saturated heterocycles. The standard InChI is InChI=1S/C21H24N8O.C2H6S.C2H6/c1-4-16(22)21(30)25-19-12(2)17(26-29(19)14-8-6-5-7-9-14)13-10-15-18(23)27-28(3)20(15)24-11-13;1-3-2;1-2/h5-11,16H,4,22H2,1-3H3,(H2,23,27)(H,25,30);1-2H3;1-2H3. The van der Waals surface area contributed by atoms with Gasteiger partial charge in [-0.3, -0.25) is 4.79 Å². The molecule has 1 unspecified atom stereocenters. The van der Waals surface area contributed by atoms with E-state index in [1.165, 1.54) is 0 Å². The first-order valence-electron chi connectivity index (χ1n) is 11.5. The van der Waals surface area contributed by atoms with Crippen LogP contribution in [0.15, 0.2) is 42.6 Å². The van der Waals surface area contributed by atoms with E-state index in [9.17, 15) is 4.79 Å². The van der Waals surface area contributed by atoms with Crippen LogP contribution >= 0.6 is 11.8 Å². The lowest BCUT2D eigenvalue weighted by Crippen LogP contribution is -2.35. The summed E-state index contributed by atoms with van der Waals surface area (Å²) in [5, 5.41) is 12.7. The van der Waals surface area contributed by atoms with Gasteiger partial charge in [-0.15, -0.1) is 0 Å². The van der Waals surface area contributed by atoms with Crippen LogP contribution in [-0.2, 0) is 11.8 Å². The molecule has 0 aliphatic heterocycles. The van der Waals surface area contributed by atoms with Crippen molar-refractivity contribution in [2.45, 2.75) is 40.2 Å². The Morgan fingerprint density at radius 3 is 2.40 bits per heavy atom. The minimum Gasteiger partial charge on any atom is -0.382 e. The topological polar surface area (TPSA) is 130 Å². The zero-order chi connectivity index (χ0) is 26.1. The first-order valence-corrected chi connectivity index (χ1v) is 13.2. The number of thioether (sulfide) groups is 1. The van der Waals surface area contributed by atoms with Crippen LogP contribution in [0.2, 0.25) is 0 Å². The van der Waals surface area contributed by atoms with Crippen LogP contribution in [0.1, 0.15) is 32.8 Å². The molecule has 0 radical (unpaired) electrons. The van der Waals surface area contributed by atoms with Crippen LogP contribution in [0.3, 0.4) is 0 Å². The summed E-state index contributed by atoms with van der Waals surface area (Å²) < 4.78 is 3.35. The van der Waals surface area contributed by atoms with E-state index >= 15 is 0 Å². The van der Waals surface area contributed by atoms with E-state index in [0.717, 1.165) is 22.2 Å². The van der Waals surface area contributed by atoms with Crippen molar-refractivity contribution < 1.29 is 4.79 Å². The number of para-hydroxylation sites is 1. The quantitative estimate of drug-likeness (QED) is 0.373. The minimum atomic E-state index is -0.597. The lowest BCUT2D eigenvalue weighted by molar-refractivity contribution is -0.117.